The number of rotatable bonds is 5. The highest BCUT2D eigenvalue weighted by atomic mass is 16.5. The summed E-state index contributed by atoms with van der Waals surface area (Å²) < 4.78 is 13.6. The number of benzene rings is 5. The molecule has 5 nitrogen and oxygen atoms in total. The van der Waals surface area contributed by atoms with Crippen molar-refractivity contribution in [3.05, 3.63) is 125 Å². The standard InChI is InChI=1S/C40H33BN2O3/c1-23(2)10-9-19-40(3)30-22-45-33-18-16-26(41)21-29(33)34(30)35-37-36(27-13-7-8-14-28(27)39(35)46-40)43-32-20-25(15-17-31(32)42-37)38(44)24-11-5-4-6-12-24/h4-8,10-18,20-21,30,34H,9,19,22H2,1-3H3/t30-,34+,40+/m0/s1. The van der Waals surface area contributed by atoms with Crippen LogP contribution in [0.15, 0.2) is 103 Å². The third kappa shape index (κ3) is 4.58. The van der Waals surface area contributed by atoms with Crippen LogP contribution >= 0.6 is 0 Å². The first-order valence-corrected chi connectivity index (χ1v) is 15.9. The van der Waals surface area contributed by atoms with Crippen LogP contribution in [-0.2, 0) is 0 Å². The predicted octanol–water partition coefficient (Wildman–Crippen LogP) is 8.00. The monoisotopic (exact) mass is 600 g/mol. The first kappa shape index (κ1) is 28.5. The van der Waals surface area contributed by atoms with Crippen molar-refractivity contribution in [3.63, 3.8) is 0 Å². The van der Waals surface area contributed by atoms with Crippen LogP contribution in [-0.4, -0.2) is 35.8 Å². The van der Waals surface area contributed by atoms with Crippen LogP contribution in [0.4, 0.5) is 0 Å². The Bertz CT molecular complexity index is 2220. The number of carbonyl (C=O) groups excluding carboxylic acids is 1. The van der Waals surface area contributed by atoms with Gasteiger partial charge in [-0.25, -0.2) is 9.97 Å². The average molecular weight is 601 g/mol. The Labute approximate surface area is 269 Å². The van der Waals surface area contributed by atoms with Crippen molar-refractivity contribution in [2.75, 3.05) is 6.61 Å². The Morgan fingerprint density at radius 1 is 0.891 bits per heavy atom. The second-order valence-electron chi connectivity index (χ2n) is 13.0. The molecule has 6 heteroatoms. The quantitative estimate of drug-likeness (QED) is 0.0660. The molecule has 224 valence electrons. The van der Waals surface area contributed by atoms with E-state index in [4.69, 9.17) is 27.3 Å². The van der Waals surface area contributed by atoms with E-state index < -0.39 is 5.60 Å². The third-order valence-electron chi connectivity index (χ3n) is 9.70. The van der Waals surface area contributed by atoms with Gasteiger partial charge in [0.25, 0.3) is 0 Å². The Kier molecular flexibility index (Phi) is 6.71. The van der Waals surface area contributed by atoms with Gasteiger partial charge in [0.1, 0.15) is 24.9 Å². The largest absolute Gasteiger partial charge is 0.493 e. The highest BCUT2D eigenvalue weighted by Gasteiger charge is 2.51. The third-order valence-corrected chi connectivity index (χ3v) is 9.70. The molecular formula is C40H33BN2O3. The Morgan fingerprint density at radius 3 is 2.46 bits per heavy atom. The smallest absolute Gasteiger partial charge is 0.193 e. The van der Waals surface area contributed by atoms with Gasteiger partial charge in [0.05, 0.1) is 28.7 Å². The lowest BCUT2D eigenvalue weighted by molar-refractivity contribution is -0.0315. The first-order chi connectivity index (χ1) is 22.3. The normalized spacial score (nSPS) is 19.9. The molecule has 2 aliphatic heterocycles. The van der Waals surface area contributed by atoms with Crippen molar-refractivity contribution < 1.29 is 14.3 Å². The van der Waals surface area contributed by atoms with Crippen LogP contribution in [0.5, 0.6) is 11.5 Å². The molecule has 0 unspecified atom stereocenters. The average Bonchev–Trinajstić information content (AvgIpc) is 3.07. The van der Waals surface area contributed by atoms with E-state index >= 15 is 0 Å². The van der Waals surface area contributed by atoms with Gasteiger partial charge in [-0.15, -0.1) is 0 Å². The summed E-state index contributed by atoms with van der Waals surface area (Å²) in [6.45, 7) is 7.01. The van der Waals surface area contributed by atoms with Crippen LogP contribution in [0.2, 0.25) is 0 Å². The van der Waals surface area contributed by atoms with E-state index in [0.717, 1.165) is 62.8 Å². The molecule has 0 amide bonds. The maximum absolute atomic E-state index is 13.3. The zero-order valence-corrected chi connectivity index (χ0v) is 26.2. The topological polar surface area (TPSA) is 61.3 Å². The summed E-state index contributed by atoms with van der Waals surface area (Å²) in [5.41, 5.74) is 7.78. The Hall–Kier alpha value is -4.97. The number of aromatic nitrogens is 2. The summed E-state index contributed by atoms with van der Waals surface area (Å²) in [5.74, 6) is 1.61. The second-order valence-corrected chi connectivity index (χ2v) is 13.0. The molecule has 3 heterocycles. The van der Waals surface area contributed by atoms with Crippen molar-refractivity contribution in [1.82, 2.24) is 9.97 Å². The fourth-order valence-electron chi connectivity index (χ4n) is 7.38. The van der Waals surface area contributed by atoms with Gasteiger partial charge in [-0.05, 0) is 57.9 Å². The molecule has 5 aromatic carbocycles. The summed E-state index contributed by atoms with van der Waals surface area (Å²) >= 11 is 0. The zero-order valence-electron chi connectivity index (χ0n) is 26.2. The Morgan fingerprint density at radius 2 is 1.65 bits per heavy atom. The SMILES string of the molecule is [B]c1ccc2c(c1)[C@H]1c3c(c4ccccc4c4nc5cc(C(=O)c6ccccc6)ccc5nc34)O[C@](C)(CCC=C(C)C)[C@H]1CO2. The summed E-state index contributed by atoms with van der Waals surface area (Å²) in [6.07, 6.45) is 4.02. The predicted molar refractivity (Wildman–Crippen MR) is 185 cm³/mol. The lowest BCUT2D eigenvalue weighted by Crippen LogP contribution is -2.51. The molecule has 0 spiro atoms. The van der Waals surface area contributed by atoms with E-state index in [1.165, 1.54) is 5.57 Å². The number of carbonyl (C=O) groups is 1. The maximum atomic E-state index is 13.3. The summed E-state index contributed by atoms with van der Waals surface area (Å²) in [5, 5.41) is 1.97. The minimum Gasteiger partial charge on any atom is -0.493 e. The number of hydrogen-bond acceptors (Lipinski definition) is 5. The molecule has 0 N–H and O–H groups in total. The van der Waals surface area contributed by atoms with Gasteiger partial charge >= 0.3 is 0 Å². The minimum absolute atomic E-state index is 0.0209. The number of hydrogen-bond donors (Lipinski definition) is 0. The van der Waals surface area contributed by atoms with Crippen LogP contribution in [0.1, 0.15) is 66.6 Å². The fourth-order valence-corrected chi connectivity index (χ4v) is 7.38. The van der Waals surface area contributed by atoms with Crippen molar-refractivity contribution in [3.8, 4) is 11.5 Å². The van der Waals surface area contributed by atoms with Gasteiger partial charge in [-0.2, -0.15) is 0 Å². The van der Waals surface area contributed by atoms with Gasteiger partial charge in [-0.1, -0.05) is 83.8 Å². The van der Waals surface area contributed by atoms with E-state index in [2.05, 4.69) is 45.0 Å². The van der Waals surface area contributed by atoms with Crippen molar-refractivity contribution in [2.24, 2.45) is 5.92 Å². The number of ether oxygens (including phenoxy) is 2. The fraction of sp³-hybridized carbons (Fsp3) is 0.225. The van der Waals surface area contributed by atoms with Crippen LogP contribution in [0.25, 0.3) is 32.8 Å². The maximum Gasteiger partial charge on any atom is 0.193 e. The van der Waals surface area contributed by atoms with E-state index in [1.807, 2.05) is 72.8 Å². The Balaban J connectivity index is 1.40. The van der Waals surface area contributed by atoms with Crippen molar-refractivity contribution in [1.29, 1.82) is 0 Å². The molecule has 0 saturated heterocycles. The number of ketones is 1. The first-order valence-electron chi connectivity index (χ1n) is 15.9. The van der Waals surface area contributed by atoms with Crippen molar-refractivity contribution in [2.45, 2.75) is 45.1 Å². The van der Waals surface area contributed by atoms with Gasteiger partial charge < -0.3 is 9.47 Å². The molecule has 46 heavy (non-hydrogen) atoms. The second kappa shape index (κ2) is 10.8. The minimum atomic E-state index is -0.501. The van der Waals surface area contributed by atoms with Gasteiger partial charge in [0, 0.05) is 44.9 Å². The molecule has 2 radical (unpaired) electrons. The highest BCUT2D eigenvalue weighted by Crippen LogP contribution is 2.57. The lowest BCUT2D eigenvalue weighted by Gasteiger charge is -2.49. The van der Waals surface area contributed by atoms with Crippen molar-refractivity contribution >= 4 is 51.9 Å². The number of nitrogens with zero attached hydrogens (tertiary/aromatic N) is 2. The number of fused-ring (bicyclic) bond motifs is 11. The molecule has 0 saturated carbocycles. The van der Waals surface area contributed by atoms with E-state index in [9.17, 15) is 4.79 Å². The summed E-state index contributed by atoms with van der Waals surface area (Å²) in [4.78, 5) is 23.9. The van der Waals surface area contributed by atoms with E-state index in [-0.39, 0.29) is 17.6 Å². The number of allylic oxidation sites excluding steroid dienone is 2. The summed E-state index contributed by atoms with van der Waals surface area (Å²) in [6, 6.07) is 29.1. The summed E-state index contributed by atoms with van der Waals surface area (Å²) in [7, 11) is 6.41. The highest BCUT2D eigenvalue weighted by molar-refractivity contribution is 6.32. The molecule has 8 rings (SSSR count). The van der Waals surface area contributed by atoms with E-state index in [0.29, 0.717) is 28.7 Å². The zero-order chi connectivity index (χ0) is 31.6. The molecule has 3 atom stereocenters. The molecule has 6 aromatic rings. The molecule has 0 aliphatic carbocycles. The van der Waals surface area contributed by atoms with Crippen LogP contribution in [0.3, 0.4) is 0 Å². The van der Waals surface area contributed by atoms with Gasteiger partial charge in [0.15, 0.2) is 5.78 Å². The van der Waals surface area contributed by atoms with Crippen LogP contribution < -0.4 is 14.9 Å². The molecule has 0 fully saturated rings. The molecule has 2 aliphatic rings. The van der Waals surface area contributed by atoms with Gasteiger partial charge in [0.2, 0.25) is 0 Å². The lowest BCUT2D eigenvalue weighted by atomic mass is 9.66. The van der Waals surface area contributed by atoms with Crippen LogP contribution in [0, 0.1) is 5.92 Å². The molecular weight excluding hydrogens is 567 g/mol. The molecule has 0 bridgehead atoms. The molecule has 1 aromatic heterocycles. The van der Waals surface area contributed by atoms with E-state index in [1.54, 1.807) is 0 Å². The van der Waals surface area contributed by atoms with Gasteiger partial charge in [-0.3, -0.25) is 4.79 Å².